The highest BCUT2D eigenvalue weighted by molar-refractivity contribution is 8.00. The molecule has 0 radical (unpaired) electrons. The van der Waals surface area contributed by atoms with Crippen molar-refractivity contribution >= 4 is 33.5 Å². The third-order valence-electron chi connectivity index (χ3n) is 5.36. The number of carbonyl (C=O) groups is 2. The first-order valence-corrected chi connectivity index (χ1v) is 12.5. The summed E-state index contributed by atoms with van der Waals surface area (Å²) in [5.74, 6) is -0.545. The fourth-order valence-corrected chi connectivity index (χ4v) is 6.38. The highest BCUT2D eigenvalue weighted by Crippen LogP contribution is 2.27. The molecule has 2 unspecified atom stereocenters. The maximum Gasteiger partial charge on any atom is 0.317 e. The van der Waals surface area contributed by atoms with E-state index in [9.17, 15) is 18.0 Å². The smallest absolute Gasteiger partial charge is 0.317 e. The average molecular weight is 426 g/mol. The number of aryl methyl sites for hydroxylation is 2. The molecule has 1 amide bonds. The summed E-state index contributed by atoms with van der Waals surface area (Å²) in [6.07, 6.45) is 2.91. The summed E-state index contributed by atoms with van der Waals surface area (Å²) in [5, 5.41) is 0. The number of esters is 1. The Hall–Kier alpha value is -1.54. The summed E-state index contributed by atoms with van der Waals surface area (Å²) in [6, 6.07) is 5.95. The summed E-state index contributed by atoms with van der Waals surface area (Å²) in [7, 11) is -3.08. The number of hydrogen-bond acceptors (Lipinski definition) is 6. The van der Waals surface area contributed by atoms with E-state index in [1.54, 1.807) is 13.8 Å². The van der Waals surface area contributed by atoms with E-state index in [0.717, 1.165) is 17.7 Å². The van der Waals surface area contributed by atoms with Gasteiger partial charge >= 0.3 is 5.97 Å². The van der Waals surface area contributed by atoms with Gasteiger partial charge in [0, 0.05) is 17.5 Å². The van der Waals surface area contributed by atoms with Gasteiger partial charge < -0.3 is 9.64 Å². The van der Waals surface area contributed by atoms with Crippen LogP contribution in [0.2, 0.25) is 0 Å². The summed E-state index contributed by atoms with van der Waals surface area (Å²) in [4.78, 5) is 27.4. The van der Waals surface area contributed by atoms with Gasteiger partial charge in [-0.1, -0.05) is 6.07 Å². The highest BCUT2D eigenvalue weighted by Gasteiger charge is 2.36. The van der Waals surface area contributed by atoms with Crippen LogP contribution in [0.4, 0.5) is 0 Å². The molecule has 8 heteroatoms. The van der Waals surface area contributed by atoms with Crippen molar-refractivity contribution in [3.05, 3.63) is 29.3 Å². The van der Waals surface area contributed by atoms with E-state index in [1.807, 2.05) is 6.07 Å². The quantitative estimate of drug-likeness (QED) is 0.492. The van der Waals surface area contributed by atoms with E-state index in [1.165, 1.54) is 34.2 Å². The van der Waals surface area contributed by atoms with Gasteiger partial charge in [0.25, 0.3) is 5.91 Å². The molecule has 1 fully saturated rings. The van der Waals surface area contributed by atoms with Gasteiger partial charge in [0.2, 0.25) is 0 Å². The summed E-state index contributed by atoms with van der Waals surface area (Å²) < 4.78 is 28.7. The minimum atomic E-state index is -3.08. The molecule has 1 saturated heterocycles. The van der Waals surface area contributed by atoms with Crippen molar-refractivity contribution in [1.82, 2.24) is 4.90 Å². The van der Waals surface area contributed by atoms with Crippen LogP contribution >= 0.6 is 11.8 Å². The van der Waals surface area contributed by atoms with Gasteiger partial charge in [-0.25, -0.2) is 8.42 Å². The lowest BCUT2D eigenvalue weighted by Gasteiger charge is -2.29. The number of thioether (sulfide) groups is 1. The number of amides is 1. The number of carbonyl (C=O) groups excluding carboxylic acids is 2. The Morgan fingerprint density at radius 3 is 2.71 bits per heavy atom. The van der Waals surface area contributed by atoms with Gasteiger partial charge in [0.05, 0.1) is 17.3 Å². The van der Waals surface area contributed by atoms with E-state index in [2.05, 4.69) is 12.1 Å². The van der Waals surface area contributed by atoms with Gasteiger partial charge in [-0.05, 0) is 62.8 Å². The van der Waals surface area contributed by atoms with Crippen molar-refractivity contribution in [2.45, 2.75) is 56.6 Å². The Morgan fingerprint density at radius 1 is 1.29 bits per heavy atom. The number of likely N-dealkylation sites (N-methyl/N-ethyl adjacent to an activating group) is 1. The molecule has 28 heavy (non-hydrogen) atoms. The van der Waals surface area contributed by atoms with Gasteiger partial charge in [-0.15, -0.1) is 11.8 Å². The Labute approximate surface area is 170 Å². The van der Waals surface area contributed by atoms with Crippen LogP contribution in [-0.2, 0) is 37.0 Å². The molecule has 1 aromatic rings. The second kappa shape index (κ2) is 8.86. The van der Waals surface area contributed by atoms with Crippen molar-refractivity contribution in [3.63, 3.8) is 0 Å². The highest BCUT2D eigenvalue weighted by atomic mass is 32.2. The molecule has 0 N–H and O–H groups in total. The zero-order valence-electron chi connectivity index (χ0n) is 16.3. The molecule has 2 atom stereocenters. The van der Waals surface area contributed by atoms with Crippen LogP contribution in [0.25, 0.3) is 0 Å². The molecule has 0 aromatic heterocycles. The van der Waals surface area contributed by atoms with E-state index >= 15 is 0 Å². The number of benzene rings is 1. The summed E-state index contributed by atoms with van der Waals surface area (Å²) in [6.45, 7) is 3.75. The Bertz CT molecular complexity index is 852. The maximum absolute atomic E-state index is 12.7. The summed E-state index contributed by atoms with van der Waals surface area (Å²) >= 11 is 1.41. The number of fused-ring (bicyclic) bond motifs is 1. The van der Waals surface area contributed by atoms with Crippen LogP contribution in [0.1, 0.15) is 37.8 Å². The van der Waals surface area contributed by atoms with Crippen LogP contribution < -0.4 is 0 Å². The fraction of sp³-hybridized carbons (Fsp3) is 0.600. The van der Waals surface area contributed by atoms with Crippen LogP contribution in [0.3, 0.4) is 0 Å². The number of hydrogen-bond donors (Lipinski definition) is 0. The molecule has 1 aliphatic heterocycles. The van der Waals surface area contributed by atoms with Gasteiger partial charge in [0.1, 0.15) is 0 Å². The third-order valence-corrected chi connectivity index (χ3v) is 8.07. The monoisotopic (exact) mass is 425 g/mol. The molecule has 0 saturated carbocycles. The topological polar surface area (TPSA) is 80.8 Å². The Morgan fingerprint density at radius 2 is 2.04 bits per heavy atom. The van der Waals surface area contributed by atoms with Gasteiger partial charge in [-0.2, -0.15) is 0 Å². The van der Waals surface area contributed by atoms with Gasteiger partial charge in [0.15, 0.2) is 15.9 Å². The third kappa shape index (κ3) is 5.08. The zero-order valence-corrected chi connectivity index (χ0v) is 18.0. The predicted octanol–water partition coefficient (Wildman–Crippen LogP) is 2.23. The lowest BCUT2D eigenvalue weighted by Crippen LogP contribution is -2.46. The number of rotatable bonds is 7. The summed E-state index contributed by atoms with van der Waals surface area (Å²) in [5.41, 5.74) is 2.74. The lowest BCUT2D eigenvalue weighted by molar-refractivity contribution is -0.157. The molecule has 1 aliphatic carbocycles. The second-order valence-corrected chi connectivity index (χ2v) is 10.7. The Balaban J connectivity index is 1.50. The molecular formula is C20H27NO5S2. The molecule has 1 aromatic carbocycles. The zero-order chi connectivity index (χ0) is 20.3. The van der Waals surface area contributed by atoms with E-state index in [-0.39, 0.29) is 29.2 Å². The minimum Gasteiger partial charge on any atom is -0.452 e. The van der Waals surface area contributed by atoms with Crippen molar-refractivity contribution < 1.29 is 22.7 Å². The standard InChI is InChI=1S/C20H27NO5S2/c1-3-21(17-9-10-28(24,25)13-17)20(23)14(2)26-19(22)12-27-18-8-7-15-5-4-6-16(15)11-18/h7-8,11,14,17H,3-6,9-10,12-13H2,1-2H3. The first-order chi connectivity index (χ1) is 13.3. The first kappa shape index (κ1) is 21.2. The van der Waals surface area contributed by atoms with Crippen molar-refractivity contribution in [2.75, 3.05) is 23.8 Å². The van der Waals surface area contributed by atoms with Crippen LogP contribution in [0.5, 0.6) is 0 Å². The largest absolute Gasteiger partial charge is 0.452 e. The van der Waals surface area contributed by atoms with E-state index < -0.39 is 21.9 Å². The first-order valence-electron chi connectivity index (χ1n) is 9.74. The molecule has 154 valence electrons. The SMILES string of the molecule is CCN(C(=O)C(C)OC(=O)CSc1ccc2c(c1)CCC2)C1CCS(=O)(=O)C1. The van der Waals surface area contributed by atoms with Crippen LogP contribution in [0.15, 0.2) is 23.1 Å². The average Bonchev–Trinajstić information content (AvgIpc) is 3.26. The van der Waals surface area contributed by atoms with Crippen molar-refractivity contribution in [1.29, 1.82) is 0 Å². The van der Waals surface area contributed by atoms with Gasteiger partial charge in [-0.3, -0.25) is 9.59 Å². The van der Waals surface area contributed by atoms with Crippen LogP contribution in [-0.4, -0.2) is 61.1 Å². The number of nitrogens with zero attached hydrogens (tertiary/aromatic N) is 1. The lowest BCUT2D eigenvalue weighted by atomic mass is 10.1. The molecule has 3 rings (SSSR count). The van der Waals surface area contributed by atoms with Crippen molar-refractivity contribution in [2.24, 2.45) is 0 Å². The normalized spacial score (nSPS) is 21.1. The molecule has 6 nitrogen and oxygen atoms in total. The second-order valence-electron chi connectivity index (χ2n) is 7.39. The molecule has 2 aliphatic rings. The molecule has 0 bridgehead atoms. The minimum absolute atomic E-state index is 0.0125. The molecule has 0 spiro atoms. The van der Waals surface area contributed by atoms with E-state index in [4.69, 9.17) is 4.74 Å². The van der Waals surface area contributed by atoms with Crippen molar-refractivity contribution in [3.8, 4) is 0 Å². The predicted molar refractivity (Wildman–Crippen MR) is 109 cm³/mol. The maximum atomic E-state index is 12.7. The molecule has 1 heterocycles. The fourth-order valence-electron chi connectivity index (χ4n) is 3.91. The number of ether oxygens (including phenoxy) is 1. The van der Waals surface area contributed by atoms with Crippen LogP contribution in [0, 0.1) is 0 Å². The Kier molecular flexibility index (Phi) is 6.70. The van der Waals surface area contributed by atoms with E-state index in [0.29, 0.717) is 13.0 Å². The molecular weight excluding hydrogens is 398 g/mol. The number of sulfone groups is 1.